The lowest BCUT2D eigenvalue weighted by atomic mass is 9.99. The minimum absolute atomic E-state index is 0.114. The number of nitrogens with zero attached hydrogens (tertiary/aromatic N) is 1. The van der Waals surface area contributed by atoms with Gasteiger partial charge in [-0.15, -0.1) is 0 Å². The molecule has 0 aromatic rings. The number of rotatable bonds is 3. The fourth-order valence-electron chi connectivity index (χ4n) is 1.56. The Hall–Kier alpha value is -0.570. The monoisotopic (exact) mass is 184 g/mol. The van der Waals surface area contributed by atoms with E-state index >= 15 is 0 Å². The number of methoxy groups -OCH3 is 1. The molecule has 1 aliphatic rings. The highest BCUT2D eigenvalue weighted by Gasteiger charge is 2.16. The van der Waals surface area contributed by atoms with Crippen LogP contribution in [0.5, 0.6) is 0 Å². The van der Waals surface area contributed by atoms with Crippen LogP contribution in [0.2, 0.25) is 0 Å². The molecule has 0 N–H and O–H groups in total. The topological polar surface area (TPSA) is 29.5 Å². The molecule has 0 unspecified atom stereocenters. The smallest absolute Gasteiger partial charge is 0.306 e. The number of ether oxygens (including phenoxy) is 1. The first-order valence-electron chi connectivity index (χ1n) is 4.84. The zero-order valence-corrected chi connectivity index (χ0v) is 8.29. The van der Waals surface area contributed by atoms with Crippen molar-refractivity contribution < 1.29 is 9.53 Å². The van der Waals surface area contributed by atoms with E-state index in [0.717, 1.165) is 32.5 Å². The first-order valence-corrected chi connectivity index (χ1v) is 4.84. The average molecular weight is 184 g/mol. The first kappa shape index (κ1) is 10.5. The number of likely N-dealkylation sites (tertiary alicyclic amines) is 1. The Kier molecular flexibility index (Phi) is 4.22. The lowest BCUT2D eigenvalue weighted by molar-refractivity contribution is -0.141. The zero-order valence-electron chi connectivity index (χ0n) is 8.29. The van der Waals surface area contributed by atoms with E-state index in [2.05, 4.69) is 16.6 Å². The summed E-state index contributed by atoms with van der Waals surface area (Å²) in [5, 5.41) is 0. The summed E-state index contributed by atoms with van der Waals surface area (Å²) < 4.78 is 4.58. The van der Waals surface area contributed by atoms with E-state index in [-0.39, 0.29) is 5.97 Å². The Morgan fingerprint density at radius 3 is 2.69 bits per heavy atom. The third-order valence-corrected chi connectivity index (χ3v) is 2.57. The van der Waals surface area contributed by atoms with Gasteiger partial charge in [0, 0.05) is 6.54 Å². The highest BCUT2D eigenvalue weighted by molar-refractivity contribution is 5.69. The van der Waals surface area contributed by atoms with Crippen molar-refractivity contribution in [1.82, 2.24) is 4.90 Å². The lowest BCUT2D eigenvalue weighted by Gasteiger charge is -2.29. The number of carbonyl (C=O) groups excluding carboxylic acids is 1. The maximum absolute atomic E-state index is 10.9. The van der Waals surface area contributed by atoms with Crippen molar-refractivity contribution >= 4 is 5.97 Å². The highest BCUT2D eigenvalue weighted by Crippen LogP contribution is 2.15. The number of carbonyl (C=O) groups is 1. The van der Waals surface area contributed by atoms with E-state index in [1.807, 2.05) is 0 Å². The maximum Gasteiger partial charge on any atom is 0.306 e. The van der Waals surface area contributed by atoms with Gasteiger partial charge in [0.25, 0.3) is 0 Å². The molecule has 1 aliphatic heterocycles. The predicted octanol–water partition coefficient (Wildman–Crippen LogP) is 1.10. The molecule has 0 aromatic heterocycles. The van der Waals surface area contributed by atoms with E-state index in [1.54, 1.807) is 0 Å². The summed E-state index contributed by atoms with van der Waals surface area (Å²) in [6, 6.07) is 0. The Morgan fingerprint density at radius 1 is 1.54 bits per heavy atom. The summed E-state index contributed by atoms with van der Waals surface area (Å²) in [4.78, 5) is 13.2. The summed E-state index contributed by atoms with van der Waals surface area (Å²) >= 11 is 0. The number of hydrogen-bond donors (Lipinski definition) is 0. The Morgan fingerprint density at radius 2 is 2.15 bits per heavy atom. The molecule has 0 spiro atoms. The molecule has 13 heavy (non-hydrogen) atoms. The lowest BCUT2D eigenvalue weighted by Crippen LogP contribution is -2.34. The van der Waals surface area contributed by atoms with Crippen LogP contribution in [0.15, 0.2) is 0 Å². The van der Waals surface area contributed by atoms with Crippen LogP contribution in [0.3, 0.4) is 0 Å². The molecule has 0 aromatic carbocycles. The number of esters is 1. The molecule has 1 rings (SSSR count). The number of piperidine rings is 1. The molecule has 1 heterocycles. The molecule has 1 radical (unpaired) electrons. The fraction of sp³-hybridized carbons (Fsp3) is 0.800. The highest BCUT2D eigenvalue weighted by atomic mass is 16.5. The van der Waals surface area contributed by atoms with E-state index in [0.29, 0.717) is 12.3 Å². The van der Waals surface area contributed by atoms with Gasteiger partial charge in [-0.05, 0) is 31.8 Å². The van der Waals surface area contributed by atoms with Gasteiger partial charge in [0.2, 0.25) is 0 Å². The van der Waals surface area contributed by atoms with Crippen molar-refractivity contribution in [2.45, 2.75) is 19.3 Å². The molecule has 3 heteroatoms. The minimum Gasteiger partial charge on any atom is -0.469 e. The summed E-state index contributed by atoms with van der Waals surface area (Å²) in [6.07, 6.45) is 2.82. The SMILES string of the molecule is [CH2]C1CCN(CCC(=O)OC)CC1. The molecule has 0 amide bonds. The van der Waals surface area contributed by atoms with E-state index in [1.165, 1.54) is 7.11 Å². The Balaban J connectivity index is 2.12. The van der Waals surface area contributed by atoms with Crippen molar-refractivity contribution in [2.24, 2.45) is 5.92 Å². The molecule has 0 aliphatic carbocycles. The molecule has 3 nitrogen and oxygen atoms in total. The maximum atomic E-state index is 10.9. The van der Waals surface area contributed by atoms with Crippen molar-refractivity contribution in [3.8, 4) is 0 Å². The largest absolute Gasteiger partial charge is 0.469 e. The van der Waals surface area contributed by atoms with E-state index in [4.69, 9.17) is 0 Å². The van der Waals surface area contributed by atoms with Gasteiger partial charge in [-0.25, -0.2) is 0 Å². The predicted molar refractivity (Wildman–Crippen MR) is 51.2 cm³/mol. The van der Waals surface area contributed by atoms with Crippen molar-refractivity contribution in [1.29, 1.82) is 0 Å². The molecule has 75 valence electrons. The summed E-state index contributed by atoms with van der Waals surface area (Å²) in [6.45, 7) is 7.01. The van der Waals surface area contributed by atoms with Crippen LogP contribution in [0.25, 0.3) is 0 Å². The normalized spacial score (nSPS) is 20.2. The van der Waals surface area contributed by atoms with Gasteiger partial charge >= 0.3 is 5.97 Å². The van der Waals surface area contributed by atoms with Crippen LogP contribution < -0.4 is 0 Å². The van der Waals surface area contributed by atoms with Gasteiger partial charge in [-0.2, -0.15) is 0 Å². The fourth-order valence-corrected chi connectivity index (χ4v) is 1.56. The molecular weight excluding hydrogens is 166 g/mol. The molecule has 0 atom stereocenters. The van der Waals surface area contributed by atoms with Gasteiger partial charge in [-0.3, -0.25) is 4.79 Å². The van der Waals surface area contributed by atoms with E-state index in [9.17, 15) is 4.79 Å². The van der Waals surface area contributed by atoms with Gasteiger partial charge in [-0.1, -0.05) is 6.92 Å². The second kappa shape index (κ2) is 5.22. The van der Waals surface area contributed by atoms with Crippen molar-refractivity contribution in [2.75, 3.05) is 26.7 Å². The average Bonchev–Trinajstić information content (AvgIpc) is 2.16. The summed E-state index contributed by atoms with van der Waals surface area (Å²) in [5.41, 5.74) is 0. The molecule has 1 fully saturated rings. The minimum atomic E-state index is -0.114. The second-order valence-electron chi connectivity index (χ2n) is 3.61. The molecule has 0 saturated carbocycles. The number of hydrogen-bond acceptors (Lipinski definition) is 3. The molecule has 0 bridgehead atoms. The van der Waals surface area contributed by atoms with Gasteiger partial charge in [0.15, 0.2) is 0 Å². The van der Waals surface area contributed by atoms with E-state index < -0.39 is 0 Å². The Bertz CT molecular complexity index is 162. The zero-order chi connectivity index (χ0) is 9.68. The van der Waals surface area contributed by atoms with Gasteiger partial charge in [0.1, 0.15) is 0 Å². The standard InChI is InChI=1S/C10H18NO2/c1-9-3-6-11(7-4-9)8-5-10(12)13-2/h9H,1,3-8H2,2H3. The van der Waals surface area contributed by atoms with Crippen LogP contribution in [-0.4, -0.2) is 37.6 Å². The van der Waals surface area contributed by atoms with Crippen LogP contribution in [0.1, 0.15) is 19.3 Å². The van der Waals surface area contributed by atoms with Crippen molar-refractivity contribution in [3.05, 3.63) is 6.92 Å². The molecular formula is C10H18NO2. The first-order chi connectivity index (χ1) is 6.22. The van der Waals surface area contributed by atoms with Crippen molar-refractivity contribution in [3.63, 3.8) is 0 Å². The second-order valence-corrected chi connectivity index (χ2v) is 3.61. The summed E-state index contributed by atoms with van der Waals surface area (Å²) in [7, 11) is 1.44. The third-order valence-electron chi connectivity index (χ3n) is 2.57. The molecule has 1 saturated heterocycles. The van der Waals surface area contributed by atoms with Gasteiger partial charge < -0.3 is 9.64 Å². The van der Waals surface area contributed by atoms with Crippen LogP contribution in [0.4, 0.5) is 0 Å². The quantitative estimate of drug-likeness (QED) is 0.615. The van der Waals surface area contributed by atoms with Crippen LogP contribution in [-0.2, 0) is 9.53 Å². The summed E-state index contributed by atoms with van der Waals surface area (Å²) in [5.74, 6) is 0.492. The Labute approximate surface area is 80.1 Å². The van der Waals surface area contributed by atoms with Gasteiger partial charge in [0.05, 0.1) is 13.5 Å². The third kappa shape index (κ3) is 3.77. The van der Waals surface area contributed by atoms with Crippen LogP contribution in [0, 0.1) is 12.8 Å². The van der Waals surface area contributed by atoms with Crippen LogP contribution >= 0.6 is 0 Å².